The molecular formula is C19H23NO6S. The summed E-state index contributed by atoms with van der Waals surface area (Å²) in [6.07, 6.45) is 0. The summed E-state index contributed by atoms with van der Waals surface area (Å²) in [5.41, 5.74) is 1.25. The van der Waals surface area contributed by atoms with Gasteiger partial charge in [-0.3, -0.25) is 0 Å². The third-order valence-corrected chi connectivity index (χ3v) is 5.32. The summed E-state index contributed by atoms with van der Waals surface area (Å²) >= 11 is 0. The molecule has 1 unspecified atom stereocenters. The van der Waals surface area contributed by atoms with Crippen molar-refractivity contribution in [2.45, 2.75) is 24.8 Å². The van der Waals surface area contributed by atoms with Crippen molar-refractivity contribution in [3.8, 4) is 11.5 Å². The molecule has 0 aliphatic carbocycles. The Morgan fingerprint density at radius 3 is 2.30 bits per heavy atom. The smallest absolute Gasteiger partial charge is 0.328 e. The Balaban J connectivity index is 2.46. The predicted octanol–water partition coefficient (Wildman–Crippen LogP) is 2.59. The number of nitrogens with one attached hydrogen (secondary N) is 1. The molecule has 2 aromatic rings. The molecule has 0 radical (unpaired) electrons. The number of benzene rings is 2. The molecule has 1 N–H and O–H groups in total. The average Bonchev–Trinajstić information content (AvgIpc) is 2.66. The highest BCUT2D eigenvalue weighted by Gasteiger charge is 2.31. The van der Waals surface area contributed by atoms with Gasteiger partial charge in [0.1, 0.15) is 17.5 Å². The van der Waals surface area contributed by atoms with E-state index in [-0.39, 0.29) is 11.5 Å². The van der Waals surface area contributed by atoms with Crippen molar-refractivity contribution < 1.29 is 27.4 Å². The molecule has 0 heterocycles. The van der Waals surface area contributed by atoms with Crippen molar-refractivity contribution in [3.63, 3.8) is 0 Å². The lowest BCUT2D eigenvalue weighted by Gasteiger charge is -2.20. The maximum absolute atomic E-state index is 12.8. The van der Waals surface area contributed by atoms with Crippen LogP contribution in [-0.2, 0) is 19.6 Å². The van der Waals surface area contributed by atoms with Crippen LogP contribution in [0.25, 0.3) is 0 Å². The lowest BCUT2D eigenvalue weighted by atomic mass is 10.1. The van der Waals surface area contributed by atoms with Gasteiger partial charge in [-0.15, -0.1) is 0 Å². The Labute approximate surface area is 159 Å². The number of hydrogen-bond acceptors (Lipinski definition) is 6. The van der Waals surface area contributed by atoms with E-state index in [1.807, 2.05) is 6.92 Å². The number of esters is 1. The quantitative estimate of drug-likeness (QED) is 0.693. The van der Waals surface area contributed by atoms with Crippen LogP contribution >= 0.6 is 0 Å². The minimum atomic E-state index is -3.97. The standard InChI is InChI=1S/C19H23NO6S/c1-5-26-19(21)18(16-11-8-14(24-3)12-17(16)25-4)20-27(22,23)15-9-6-13(2)7-10-15/h6-12,18,20H,5H2,1-4H3. The molecule has 2 aromatic carbocycles. The Kier molecular flexibility index (Phi) is 6.81. The zero-order chi connectivity index (χ0) is 20.0. The number of hydrogen-bond donors (Lipinski definition) is 1. The SMILES string of the molecule is CCOC(=O)C(NS(=O)(=O)c1ccc(C)cc1)c1ccc(OC)cc1OC. The molecule has 0 saturated carbocycles. The van der Waals surface area contributed by atoms with E-state index in [4.69, 9.17) is 14.2 Å². The fourth-order valence-electron chi connectivity index (χ4n) is 2.46. The van der Waals surface area contributed by atoms with Crippen LogP contribution in [0.5, 0.6) is 11.5 Å². The Hall–Kier alpha value is -2.58. The third kappa shape index (κ3) is 4.99. The number of carbonyl (C=O) groups is 1. The molecule has 8 heteroatoms. The van der Waals surface area contributed by atoms with E-state index in [0.717, 1.165) is 5.56 Å². The third-order valence-electron chi connectivity index (χ3n) is 3.88. The molecule has 0 amide bonds. The second-order valence-corrected chi connectivity index (χ2v) is 7.44. The topological polar surface area (TPSA) is 90.9 Å². The van der Waals surface area contributed by atoms with Gasteiger partial charge in [0.05, 0.1) is 25.7 Å². The molecule has 0 bridgehead atoms. The van der Waals surface area contributed by atoms with Crippen molar-refractivity contribution in [1.29, 1.82) is 0 Å². The molecule has 2 rings (SSSR count). The summed E-state index contributed by atoms with van der Waals surface area (Å²) in [5, 5.41) is 0. The molecule has 0 aliphatic heterocycles. The van der Waals surface area contributed by atoms with Gasteiger partial charge in [0.15, 0.2) is 0 Å². The molecule has 7 nitrogen and oxygen atoms in total. The second-order valence-electron chi connectivity index (χ2n) is 5.73. The fourth-order valence-corrected chi connectivity index (χ4v) is 3.63. The maximum atomic E-state index is 12.8. The summed E-state index contributed by atoms with van der Waals surface area (Å²) in [4.78, 5) is 12.5. The van der Waals surface area contributed by atoms with E-state index in [0.29, 0.717) is 17.1 Å². The monoisotopic (exact) mass is 393 g/mol. The normalized spacial score (nSPS) is 12.3. The Morgan fingerprint density at radius 2 is 1.74 bits per heavy atom. The molecule has 0 fully saturated rings. The van der Waals surface area contributed by atoms with E-state index in [1.54, 1.807) is 37.3 Å². The lowest BCUT2D eigenvalue weighted by molar-refractivity contribution is -0.145. The van der Waals surface area contributed by atoms with Gasteiger partial charge >= 0.3 is 5.97 Å². The summed E-state index contributed by atoms with van der Waals surface area (Å²) in [6, 6.07) is 9.81. The first-order chi connectivity index (χ1) is 12.8. The van der Waals surface area contributed by atoms with Gasteiger partial charge in [0, 0.05) is 11.6 Å². The highest BCUT2D eigenvalue weighted by Crippen LogP contribution is 2.31. The second kappa shape index (κ2) is 8.88. The van der Waals surface area contributed by atoms with E-state index < -0.39 is 22.0 Å². The molecule has 1 atom stereocenters. The Morgan fingerprint density at radius 1 is 1.07 bits per heavy atom. The largest absolute Gasteiger partial charge is 0.497 e. The van der Waals surface area contributed by atoms with E-state index in [2.05, 4.69) is 4.72 Å². The summed E-state index contributed by atoms with van der Waals surface area (Å²) in [7, 11) is -1.04. The minimum absolute atomic E-state index is 0.0508. The van der Waals surface area contributed by atoms with E-state index in [9.17, 15) is 13.2 Å². The van der Waals surface area contributed by atoms with Gasteiger partial charge in [0.25, 0.3) is 0 Å². The van der Waals surface area contributed by atoms with Crippen molar-refractivity contribution in [1.82, 2.24) is 4.72 Å². The van der Waals surface area contributed by atoms with Crippen LogP contribution in [0.2, 0.25) is 0 Å². The summed E-state index contributed by atoms with van der Waals surface area (Å²) in [5.74, 6) is 0.0928. The zero-order valence-corrected chi connectivity index (χ0v) is 16.5. The highest BCUT2D eigenvalue weighted by atomic mass is 32.2. The van der Waals surface area contributed by atoms with E-state index >= 15 is 0 Å². The molecule has 27 heavy (non-hydrogen) atoms. The van der Waals surface area contributed by atoms with Gasteiger partial charge in [-0.1, -0.05) is 17.7 Å². The average molecular weight is 393 g/mol. The van der Waals surface area contributed by atoms with Gasteiger partial charge in [0.2, 0.25) is 10.0 Å². The first-order valence-electron chi connectivity index (χ1n) is 8.30. The predicted molar refractivity (Wildman–Crippen MR) is 100 cm³/mol. The van der Waals surface area contributed by atoms with Crippen LogP contribution in [0.4, 0.5) is 0 Å². The van der Waals surface area contributed by atoms with Crippen molar-refractivity contribution >= 4 is 16.0 Å². The number of sulfonamides is 1. The van der Waals surface area contributed by atoms with Crippen molar-refractivity contribution in [2.24, 2.45) is 0 Å². The summed E-state index contributed by atoms with van der Waals surface area (Å²) in [6.45, 7) is 3.61. The van der Waals surface area contributed by atoms with E-state index in [1.165, 1.54) is 26.4 Å². The van der Waals surface area contributed by atoms with Crippen LogP contribution in [0.3, 0.4) is 0 Å². The first-order valence-corrected chi connectivity index (χ1v) is 9.78. The van der Waals surface area contributed by atoms with Crippen LogP contribution in [-0.4, -0.2) is 35.2 Å². The number of rotatable bonds is 8. The van der Waals surface area contributed by atoms with Gasteiger partial charge < -0.3 is 14.2 Å². The van der Waals surface area contributed by atoms with Crippen molar-refractivity contribution in [3.05, 3.63) is 53.6 Å². The van der Waals surface area contributed by atoms with Gasteiger partial charge in [-0.25, -0.2) is 13.2 Å². The molecule has 0 aliphatic rings. The number of methoxy groups -OCH3 is 2. The number of carbonyl (C=O) groups excluding carboxylic acids is 1. The zero-order valence-electron chi connectivity index (χ0n) is 15.7. The fraction of sp³-hybridized carbons (Fsp3) is 0.316. The molecule has 146 valence electrons. The summed E-state index contributed by atoms with van der Waals surface area (Å²) < 4.78 is 43.5. The maximum Gasteiger partial charge on any atom is 0.328 e. The molecule has 0 spiro atoms. The van der Waals surface area contributed by atoms with Crippen LogP contribution in [0.15, 0.2) is 47.4 Å². The van der Waals surface area contributed by atoms with Crippen LogP contribution < -0.4 is 14.2 Å². The number of aryl methyl sites for hydroxylation is 1. The molecular weight excluding hydrogens is 370 g/mol. The van der Waals surface area contributed by atoms with Crippen LogP contribution in [0, 0.1) is 6.92 Å². The lowest BCUT2D eigenvalue weighted by Crippen LogP contribution is -2.35. The van der Waals surface area contributed by atoms with Crippen molar-refractivity contribution in [2.75, 3.05) is 20.8 Å². The molecule has 0 saturated heterocycles. The highest BCUT2D eigenvalue weighted by molar-refractivity contribution is 7.89. The number of ether oxygens (including phenoxy) is 3. The first kappa shape index (κ1) is 20.7. The van der Waals surface area contributed by atoms with Gasteiger partial charge in [-0.2, -0.15) is 4.72 Å². The van der Waals surface area contributed by atoms with Crippen LogP contribution in [0.1, 0.15) is 24.1 Å². The Bertz CT molecular complexity index is 893. The minimum Gasteiger partial charge on any atom is -0.497 e. The van der Waals surface area contributed by atoms with Gasteiger partial charge in [-0.05, 0) is 38.1 Å². The molecule has 0 aromatic heterocycles.